The molecular weight excluding hydrogens is 224 g/mol. The lowest BCUT2D eigenvalue weighted by Gasteiger charge is -2.29. The van der Waals surface area contributed by atoms with E-state index in [9.17, 15) is 0 Å². The lowest BCUT2D eigenvalue weighted by molar-refractivity contribution is 0.215. The number of nitrogens with one attached hydrogen (secondary N) is 1. The molecule has 0 aliphatic carbocycles. The Balaban J connectivity index is 2.72. The van der Waals surface area contributed by atoms with Gasteiger partial charge in [-0.15, -0.1) is 0 Å². The second kappa shape index (κ2) is 8.11. The third-order valence-corrected chi connectivity index (χ3v) is 3.42. The molecule has 3 heteroatoms. The maximum Gasteiger partial charge on any atom is 0.123 e. The van der Waals surface area contributed by atoms with Crippen LogP contribution < -0.4 is 10.1 Å². The average Bonchev–Trinajstić information content (AvgIpc) is 2.43. The maximum atomic E-state index is 5.45. The highest BCUT2D eigenvalue weighted by Gasteiger charge is 2.16. The van der Waals surface area contributed by atoms with Crippen LogP contribution in [0.15, 0.2) is 24.3 Å². The summed E-state index contributed by atoms with van der Waals surface area (Å²) in [5.74, 6) is 0.983. The van der Waals surface area contributed by atoms with Gasteiger partial charge in [-0.1, -0.05) is 25.1 Å². The number of rotatable bonds is 8. The van der Waals surface area contributed by atoms with Gasteiger partial charge in [0.1, 0.15) is 5.75 Å². The number of para-hydroxylation sites is 1. The van der Waals surface area contributed by atoms with Gasteiger partial charge in [0.15, 0.2) is 0 Å². The fourth-order valence-corrected chi connectivity index (χ4v) is 2.29. The van der Waals surface area contributed by atoms with Crippen LogP contribution in [0.5, 0.6) is 5.75 Å². The van der Waals surface area contributed by atoms with Gasteiger partial charge in [0.05, 0.1) is 7.11 Å². The molecule has 0 amide bonds. The second-order valence-electron chi connectivity index (χ2n) is 4.50. The molecule has 1 aromatic carbocycles. The third-order valence-electron chi connectivity index (χ3n) is 3.42. The van der Waals surface area contributed by atoms with Crippen LogP contribution in [0.4, 0.5) is 0 Å². The molecule has 0 spiro atoms. The zero-order chi connectivity index (χ0) is 13.4. The molecule has 0 radical (unpaired) electrons. The Bertz CT molecular complexity index is 341. The Morgan fingerprint density at radius 3 is 2.67 bits per heavy atom. The fraction of sp³-hybridized carbons (Fsp3) is 0.600. The Hall–Kier alpha value is -1.06. The van der Waals surface area contributed by atoms with Crippen molar-refractivity contribution in [3.8, 4) is 5.75 Å². The van der Waals surface area contributed by atoms with Gasteiger partial charge in [-0.2, -0.15) is 0 Å². The number of hydrogen-bond donors (Lipinski definition) is 1. The summed E-state index contributed by atoms with van der Waals surface area (Å²) >= 11 is 0. The molecule has 0 saturated carbocycles. The molecule has 1 N–H and O–H groups in total. The smallest absolute Gasteiger partial charge is 0.123 e. The van der Waals surface area contributed by atoms with Gasteiger partial charge in [0.25, 0.3) is 0 Å². The number of nitrogens with zero attached hydrogens (tertiary/aromatic N) is 1. The third kappa shape index (κ3) is 4.00. The molecule has 1 rings (SSSR count). The van der Waals surface area contributed by atoms with E-state index < -0.39 is 0 Å². The van der Waals surface area contributed by atoms with Crippen LogP contribution in [0.25, 0.3) is 0 Å². The molecule has 102 valence electrons. The summed E-state index contributed by atoms with van der Waals surface area (Å²) < 4.78 is 5.45. The average molecular weight is 250 g/mol. The van der Waals surface area contributed by atoms with E-state index in [1.165, 1.54) is 12.0 Å². The van der Waals surface area contributed by atoms with E-state index in [2.05, 4.69) is 36.2 Å². The molecule has 0 aromatic heterocycles. The van der Waals surface area contributed by atoms with Gasteiger partial charge < -0.3 is 10.1 Å². The Kier molecular flexibility index (Phi) is 6.76. The molecule has 18 heavy (non-hydrogen) atoms. The van der Waals surface area contributed by atoms with E-state index in [1.54, 1.807) is 7.11 Å². The minimum atomic E-state index is 0.392. The van der Waals surface area contributed by atoms with Gasteiger partial charge in [-0.3, -0.25) is 4.90 Å². The molecule has 0 aliphatic rings. The molecule has 0 bridgehead atoms. The number of benzene rings is 1. The van der Waals surface area contributed by atoms with Crippen LogP contribution in [0.2, 0.25) is 0 Å². The van der Waals surface area contributed by atoms with Gasteiger partial charge in [-0.05, 0) is 46.1 Å². The summed E-state index contributed by atoms with van der Waals surface area (Å²) in [4.78, 5) is 2.48. The first-order valence-electron chi connectivity index (χ1n) is 6.76. The van der Waals surface area contributed by atoms with E-state index >= 15 is 0 Å². The topological polar surface area (TPSA) is 24.5 Å². The summed E-state index contributed by atoms with van der Waals surface area (Å²) in [5.41, 5.74) is 1.27. The number of ether oxygens (including phenoxy) is 1. The molecule has 0 heterocycles. The molecule has 1 atom stereocenters. The lowest BCUT2D eigenvalue weighted by Crippen LogP contribution is -2.29. The lowest BCUT2D eigenvalue weighted by atomic mass is 10.1. The van der Waals surface area contributed by atoms with Crippen LogP contribution in [0, 0.1) is 0 Å². The minimum absolute atomic E-state index is 0.392. The first-order chi connectivity index (χ1) is 8.74. The van der Waals surface area contributed by atoms with Crippen LogP contribution in [-0.2, 0) is 0 Å². The number of methoxy groups -OCH3 is 1. The number of hydrogen-bond acceptors (Lipinski definition) is 3. The van der Waals surface area contributed by atoms with Gasteiger partial charge in [0.2, 0.25) is 0 Å². The standard InChI is InChI=1S/C15H26N2O/c1-5-17(12-8-11-16-3)13(2)14-9-6-7-10-15(14)18-4/h6-7,9-10,13,16H,5,8,11-12H2,1-4H3/t13-/m0/s1. The highest BCUT2D eigenvalue weighted by Crippen LogP contribution is 2.28. The van der Waals surface area contributed by atoms with Crippen LogP contribution >= 0.6 is 0 Å². The van der Waals surface area contributed by atoms with Crippen molar-refractivity contribution in [3.63, 3.8) is 0 Å². The molecule has 0 fully saturated rings. The van der Waals surface area contributed by atoms with Gasteiger partial charge >= 0.3 is 0 Å². The molecule has 1 aromatic rings. The quantitative estimate of drug-likeness (QED) is 0.718. The minimum Gasteiger partial charge on any atom is -0.496 e. The largest absolute Gasteiger partial charge is 0.496 e. The van der Waals surface area contributed by atoms with Gasteiger partial charge in [0, 0.05) is 11.6 Å². The molecule has 3 nitrogen and oxygen atoms in total. The first kappa shape index (κ1) is 15.0. The van der Waals surface area contributed by atoms with E-state index in [0.29, 0.717) is 6.04 Å². The van der Waals surface area contributed by atoms with Crippen LogP contribution in [0.1, 0.15) is 31.9 Å². The second-order valence-corrected chi connectivity index (χ2v) is 4.50. The Morgan fingerprint density at radius 1 is 1.33 bits per heavy atom. The maximum absolute atomic E-state index is 5.45. The Labute approximate surface area is 111 Å². The Morgan fingerprint density at radius 2 is 2.06 bits per heavy atom. The van der Waals surface area contributed by atoms with Crippen LogP contribution in [-0.4, -0.2) is 38.7 Å². The van der Waals surface area contributed by atoms with Crippen molar-refractivity contribution in [1.29, 1.82) is 0 Å². The molecule has 0 saturated heterocycles. The first-order valence-corrected chi connectivity index (χ1v) is 6.76. The molecule has 0 aliphatic heterocycles. The summed E-state index contributed by atoms with van der Waals surface area (Å²) in [5, 5.41) is 3.20. The predicted molar refractivity (Wildman–Crippen MR) is 77.2 cm³/mol. The monoisotopic (exact) mass is 250 g/mol. The normalized spacial score (nSPS) is 12.7. The van der Waals surface area contributed by atoms with E-state index in [4.69, 9.17) is 4.74 Å². The van der Waals surface area contributed by atoms with E-state index in [-0.39, 0.29) is 0 Å². The van der Waals surface area contributed by atoms with Crippen LogP contribution in [0.3, 0.4) is 0 Å². The summed E-state index contributed by atoms with van der Waals surface area (Å²) in [7, 11) is 3.74. The van der Waals surface area contributed by atoms with Crippen molar-refractivity contribution in [3.05, 3.63) is 29.8 Å². The molecule has 0 unspecified atom stereocenters. The SMILES string of the molecule is CCN(CCCNC)[C@@H](C)c1ccccc1OC. The predicted octanol–water partition coefficient (Wildman–Crippen LogP) is 2.69. The van der Waals surface area contributed by atoms with E-state index in [0.717, 1.165) is 25.4 Å². The van der Waals surface area contributed by atoms with E-state index in [1.807, 2.05) is 19.2 Å². The summed E-state index contributed by atoms with van der Waals surface area (Å²) in [6.07, 6.45) is 1.17. The highest BCUT2D eigenvalue weighted by atomic mass is 16.5. The fourth-order valence-electron chi connectivity index (χ4n) is 2.29. The molecular formula is C15H26N2O. The zero-order valence-electron chi connectivity index (χ0n) is 12.1. The zero-order valence-corrected chi connectivity index (χ0v) is 12.1. The van der Waals surface area contributed by atoms with Crippen molar-refractivity contribution in [2.24, 2.45) is 0 Å². The van der Waals surface area contributed by atoms with Crippen molar-refractivity contribution < 1.29 is 4.74 Å². The summed E-state index contributed by atoms with van der Waals surface area (Å²) in [6, 6.07) is 8.68. The van der Waals surface area contributed by atoms with Crippen molar-refractivity contribution >= 4 is 0 Å². The van der Waals surface area contributed by atoms with Crippen molar-refractivity contribution in [2.45, 2.75) is 26.3 Å². The highest BCUT2D eigenvalue weighted by molar-refractivity contribution is 5.35. The van der Waals surface area contributed by atoms with Gasteiger partial charge in [-0.25, -0.2) is 0 Å². The summed E-state index contributed by atoms with van der Waals surface area (Å²) in [6.45, 7) is 7.70. The van der Waals surface area contributed by atoms with Crippen molar-refractivity contribution in [2.75, 3.05) is 33.8 Å². The van der Waals surface area contributed by atoms with Crippen molar-refractivity contribution in [1.82, 2.24) is 10.2 Å².